The number of pyridine rings is 1. The summed E-state index contributed by atoms with van der Waals surface area (Å²) in [6.07, 6.45) is 1.08. The van der Waals surface area contributed by atoms with Gasteiger partial charge in [0.05, 0.1) is 19.3 Å². The molecule has 7 heteroatoms. The van der Waals surface area contributed by atoms with Crippen LogP contribution in [0.25, 0.3) is 0 Å². The maximum Gasteiger partial charge on any atom is 0.213 e. The van der Waals surface area contributed by atoms with Crippen molar-refractivity contribution in [1.82, 2.24) is 20.5 Å². The number of guanidine groups is 1. The Morgan fingerprint density at radius 3 is 2.44 bits per heavy atom. The van der Waals surface area contributed by atoms with Gasteiger partial charge in [-0.1, -0.05) is 6.07 Å². The highest BCUT2D eigenvalue weighted by Gasteiger charge is 2.12. The van der Waals surface area contributed by atoms with Gasteiger partial charge in [-0.25, -0.2) is 4.98 Å². The Balaban J connectivity index is 0.00000576. The Bertz CT molecular complexity index is 500. The van der Waals surface area contributed by atoms with Crippen LogP contribution in [0.15, 0.2) is 23.2 Å². The highest BCUT2D eigenvalue weighted by Crippen LogP contribution is 2.06. The molecule has 1 heterocycles. The number of methoxy groups -OCH3 is 1. The van der Waals surface area contributed by atoms with E-state index in [4.69, 9.17) is 4.74 Å². The van der Waals surface area contributed by atoms with Gasteiger partial charge in [0, 0.05) is 38.3 Å². The molecule has 1 aromatic rings. The highest BCUT2D eigenvalue weighted by atomic mass is 127. The molecule has 2 N–H and O–H groups in total. The predicted octanol–water partition coefficient (Wildman–Crippen LogP) is 2.88. The third kappa shape index (κ3) is 9.25. The van der Waals surface area contributed by atoms with Crippen molar-refractivity contribution >= 4 is 29.9 Å². The molecular formula is C18H34IN5O. The lowest BCUT2D eigenvalue weighted by atomic mass is 10.2. The summed E-state index contributed by atoms with van der Waals surface area (Å²) in [6, 6.07) is 6.88. The first-order chi connectivity index (χ1) is 11.5. The standard InChI is InChI=1S/C18H33N5O.HI/c1-14(2)23(15(3)4)12-8-11-20-18(19-5)21-13-16-9-7-10-17(22-16)24-6;/h7,9-10,14-15H,8,11-13H2,1-6H3,(H2,19,20,21);1H. The van der Waals surface area contributed by atoms with Crippen molar-refractivity contribution in [2.24, 2.45) is 4.99 Å². The van der Waals surface area contributed by atoms with E-state index in [1.54, 1.807) is 14.2 Å². The largest absolute Gasteiger partial charge is 0.481 e. The van der Waals surface area contributed by atoms with Crippen molar-refractivity contribution in [3.05, 3.63) is 23.9 Å². The molecule has 0 radical (unpaired) electrons. The lowest BCUT2D eigenvalue weighted by Gasteiger charge is -2.30. The van der Waals surface area contributed by atoms with Crippen LogP contribution in [0.3, 0.4) is 0 Å². The van der Waals surface area contributed by atoms with Gasteiger partial charge < -0.3 is 15.4 Å². The van der Waals surface area contributed by atoms with Crippen LogP contribution in [0.4, 0.5) is 0 Å². The fourth-order valence-corrected chi connectivity index (χ4v) is 2.65. The van der Waals surface area contributed by atoms with E-state index in [-0.39, 0.29) is 24.0 Å². The van der Waals surface area contributed by atoms with Crippen molar-refractivity contribution in [2.45, 2.75) is 52.7 Å². The average molecular weight is 463 g/mol. The first-order valence-corrected chi connectivity index (χ1v) is 8.68. The van der Waals surface area contributed by atoms with E-state index in [1.165, 1.54) is 0 Å². The molecule has 0 bridgehead atoms. The SMILES string of the molecule is CN=C(NCCCN(C(C)C)C(C)C)NCc1cccc(OC)n1.I. The lowest BCUT2D eigenvalue weighted by Crippen LogP contribution is -2.41. The minimum atomic E-state index is 0. The molecule has 0 spiro atoms. The molecular weight excluding hydrogens is 429 g/mol. The molecule has 1 rings (SSSR count). The van der Waals surface area contributed by atoms with Crippen LogP contribution in [0, 0.1) is 0 Å². The molecule has 0 atom stereocenters. The van der Waals surface area contributed by atoms with Crippen molar-refractivity contribution in [3.8, 4) is 5.88 Å². The number of aromatic nitrogens is 1. The van der Waals surface area contributed by atoms with Gasteiger partial charge in [0.1, 0.15) is 0 Å². The number of halogens is 1. The number of rotatable bonds is 9. The van der Waals surface area contributed by atoms with Crippen LogP contribution in [-0.2, 0) is 6.54 Å². The molecule has 25 heavy (non-hydrogen) atoms. The summed E-state index contributed by atoms with van der Waals surface area (Å²) in [5, 5.41) is 6.63. The number of hydrogen-bond donors (Lipinski definition) is 2. The topological polar surface area (TPSA) is 61.8 Å². The second-order valence-electron chi connectivity index (χ2n) is 6.30. The van der Waals surface area contributed by atoms with E-state index in [1.807, 2.05) is 18.2 Å². The normalized spacial score (nSPS) is 11.6. The Labute approximate surface area is 169 Å². The van der Waals surface area contributed by atoms with Gasteiger partial charge in [-0.05, 0) is 40.2 Å². The maximum absolute atomic E-state index is 5.14. The molecule has 0 aromatic carbocycles. The van der Waals surface area contributed by atoms with Crippen molar-refractivity contribution in [1.29, 1.82) is 0 Å². The average Bonchev–Trinajstić information content (AvgIpc) is 2.56. The van der Waals surface area contributed by atoms with Crippen LogP contribution < -0.4 is 15.4 Å². The van der Waals surface area contributed by atoms with Crippen molar-refractivity contribution in [3.63, 3.8) is 0 Å². The van der Waals surface area contributed by atoms with Crippen LogP contribution >= 0.6 is 24.0 Å². The smallest absolute Gasteiger partial charge is 0.213 e. The van der Waals surface area contributed by atoms with E-state index in [2.05, 4.69) is 53.2 Å². The summed E-state index contributed by atoms with van der Waals surface area (Å²) in [5.41, 5.74) is 0.920. The van der Waals surface area contributed by atoms with E-state index in [0.29, 0.717) is 24.5 Å². The molecule has 0 saturated heterocycles. The van der Waals surface area contributed by atoms with Crippen molar-refractivity contribution < 1.29 is 4.74 Å². The van der Waals surface area contributed by atoms with Gasteiger partial charge in [0.15, 0.2) is 5.96 Å². The molecule has 0 fully saturated rings. The molecule has 0 aliphatic heterocycles. The van der Waals surface area contributed by atoms with Crippen LogP contribution in [0.2, 0.25) is 0 Å². The molecule has 6 nitrogen and oxygen atoms in total. The van der Waals surface area contributed by atoms with Gasteiger partial charge in [-0.15, -0.1) is 24.0 Å². The first kappa shape index (κ1) is 23.9. The van der Waals surface area contributed by atoms with Crippen LogP contribution in [0.1, 0.15) is 39.8 Å². The number of nitrogens with one attached hydrogen (secondary N) is 2. The second-order valence-corrected chi connectivity index (χ2v) is 6.30. The third-order valence-electron chi connectivity index (χ3n) is 3.86. The van der Waals surface area contributed by atoms with Gasteiger partial charge in [0.2, 0.25) is 5.88 Å². The number of ether oxygens (including phenoxy) is 1. The zero-order valence-electron chi connectivity index (χ0n) is 16.4. The molecule has 0 saturated carbocycles. The highest BCUT2D eigenvalue weighted by molar-refractivity contribution is 14.0. The van der Waals surface area contributed by atoms with Gasteiger partial charge >= 0.3 is 0 Å². The van der Waals surface area contributed by atoms with Gasteiger partial charge in [-0.3, -0.25) is 9.89 Å². The summed E-state index contributed by atoms with van der Waals surface area (Å²) in [6.45, 7) is 11.6. The van der Waals surface area contributed by atoms with Crippen LogP contribution in [-0.4, -0.2) is 55.2 Å². The minimum Gasteiger partial charge on any atom is -0.481 e. The monoisotopic (exact) mass is 463 g/mol. The van der Waals surface area contributed by atoms with Crippen LogP contribution in [0.5, 0.6) is 5.88 Å². The first-order valence-electron chi connectivity index (χ1n) is 8.68. The van der Waals surface area contributed by atoms with Crippen molar-refractivity contribution in [2.75, 3.05) is 27.2 Å². The van der Waals surface area contributed by atoms with Gasteiger partial charge in [-0.2, -0.15) is 0 Å². The summed E-state index contributed by atoms with van der Waals surface area (Å²) in [5.74, 6) is 1.42. The lowest BCUT2D eigenvalue weighted by molar-refractivity contribution is 0.173. The molecule has 144 valence electrons. The zero-order chi connectivity index (χ0) is 17.9. The summed E-state index contributed by atoms with van der Waals surface area (Å²) in [4.78, 5) is 11.1. The Morgan fingerprint density at radius 2 is 1.88 bits per heavy atom. The quantitative estimate of drug-likeness (QED) is 0.255. The number of nitrogens with zero attached hydrogens (tertiary/aromatic N) is 3. The number of aliphatic imine (C=N–C) groups is 1. The van der Waals surface area contributed by atoms with E-state index >= 15 is 0 Å². The summed E-state index contributed by atoms with van der Waals surface area (Å²) < 4.78 is 5.14. The Kier molecular flexibility index (Phi) is 12.6. The molecule has 1 aromatic heterocycles. The summed E-state index contributed by atoms with van der Waals surface area (Å²) in [7, 11) is 3.40. The molecule has 0 aliphatic rings. The minimum absolute atomic E-state index is 0. The molecule has 0 aliphatic carbocycles. The predicted molar refractivity (Wildman–Crippen MR) is 116 cm³/mol. The Hall–Kier alpha value is -1.09. The van der Waals surface area contributed by atoms with E-state index < -0.39 is 0 Å². The Morgan fingerprint density at radius 1 is 1.20 bits per heavy atom. The van der Waals surface area contributed by atoms with Gasteiger partial charge in [0.25, 0.3) is 0 Å². The van der Waals surface area contributed by atoms with E-state index in [9.17, 15) is 0 Å². The second kappa shape index (κ2) is 13.2. The summed E-state index contributed by atoms with van der Waals surface area (Å²) >= 11 is 0. The van der Waals surface area contributed by atoms with E-state index in [0.717, 1.165) is 31.2 Å². The number of hydrogen-bond acceptors (Lipinski definition) is 4. The fourth-order valence-electron chi connectivity index (χ4n) is 2.65. The maximum atomic E-state index is 5.14. The third-order valence-corrected chi connectivity index (χ3v) is 3.86. The molecule has 0 unspecified atom stereocenters. The zero-order valence-corrected chi connectivity index (χ0v) is 18.7. The molecule has 0 amide bonds. The fraction of sp³-hybridized carbons (Fsp3) is 0.667.